The number of ether oxygens (including phenoxy) is 1. The minimum absolute atomic E-state index is 0.0318. The molecule has 41 heavy (non-hydrogen) atoms. The molecule has 1 aromatic heterocycles. The minimum Gasteiger partial charge on any atom is -0.380 e. The third kappa shape index (κ3) is 5.51. The molecule has 0 amide bonds. The lowest BCUT2D eigenvalue weighted by molar-refractivity contribution is -0.203. The summed E-state index contributed by atoms with van der Waals surface area (Å²) in [4.78, 5) is 48.0. The van der Waals surface area contributed by atoms with Gasteiger partial charge in [-0.05, 0) is 31.4 Å². The minimum atomic E-state index is -5.29. The molecule has 4 heterocycles. The SMILES string of the molecule is CCOCCn1c(=O)c2c(n(C)c1=O)N(OC(=O)C(F)(F)F)C(N1CCC3CNCC31)N2CC=Cc1ccccc1. The zero-order valence-corrected chi connectivity index (χ0v) is 22.8. The van der Waals surface area contributed by atoms with E-state index in [9.17, 15) is 27.6 Å². The lowest BCUT2D eigenvalue weighted by Gasteiger charge is -2.39. The molecule has 3 unspecified atom stereocenters. The highest BCUT2D eigenvalue weighted by atomic mass is 19.4. The summed E-state index contributed by atoms with van der Waals surface area (Å²) in [5, 5.41) is 4.10. The van der Waals surface area contributed by atoms with Crippen molar-refractivity contribution in [3.8, 4) is 0 Å². The van der Waals surface area contributed by atoms with Crippen LogP contribution in [0.2, 0.25) is 0 Å². The number of nitrogens with one attached hydrogen (secondary N) is 1. The van der Waals surface area contributed by atoms with Crippen LogP contribution in [0.15, 0.2) is 46.0 Å². The molecule has 3 atom stereocenters. The van der Waals surface area contributed by atoms with E-state index in [1.165, 1.54) is 7.05 Å². The van der Waals surface area contributed by atoms with Gasteiger partial charge in [0.1, 0.15) is 0 Å². The number of alkyl halides is 3. The summed E-state index contributed by atoms with van der Waals surface area (Å²) in [6.45, 7) is 4.13. The molecule has 2 saturated heterocycles. The van der Waals surface area contributed by atoms with Gasteiger partial charge >= 0.3 is 17.8 Å². The highest BCUT2D eigenvalue weighted by molar-refractivity contribution is 5.80. The Labute approximate surface area is 234 Å². The topological polar surface area (TPSA) is 101 Å². The summed E-state index contributed by atoms with van der Waals surface area (Å²) in [5.74, 6) is -2.41. The summed E-state index contributed by atoms with van der Waals surface area (Å²) in [6.07, 6.45) is -1.99. The first-order chi connectivity index (χ1) is 19.6. The second-order valence-electron chi connectivity index (χ2n) is 10.2. The van der Waals surface area contributed by atoms with Crippen LogP contribution in [0.4, 0.5) is 24.7 Å². The number of aromatic nitrogens is 2. The van der Waals surface area contributed by atoms with Crippen LogP contribution in [0.25, 0.3) is 6.08 Å². The van der Waals surface area contributed by atoms with Gasteiger partial charge in [-0.1, -0.05) is 42.5 Å². The monoisotopic (exact) mass is 578 g/mol. The van der Waals surface area contributed by atoms with E-state index in [1.807, 2.05) is 41.3 Å². The molecule has 5 rings (SSSR count). The molecule has 0 saturated carbocycles. The fraction of sp³-hybridized carbons (Fsp3) is 0.519. The number of halogens is 3. The van der Waals surface area contributed by atoms with Crippen LogP contribution in [-0.2, 0) is 28.0 Å². The average molecular weight is 579 g/mol. The van der Waals surface area contributed by atoms with Crippen LogP contribution in [0, 0.1) is 5.92 Å². The molecular formula is C27H33F3N6O5. The van der Waals surface area contributed by atoms with Gasteiger partial charge in [0.25, 0.3) is 5.56 Å². The van der Waals surface area contributed by atoms with Crippen molar-refractivity contribution in [2.24, 2.45) is 13.0 Å². The number of carbonyl (C=O) groups is 1. The van der Waals surface area contributed by atoms with Gasteiger partial charge in [-0.15, -0.1) is 5.06 Å². The molecule has 0 spiro atoms. The van der Waals surface area contributed by atoms with Gasteiger partial charge in [-0.25, -0.2) is 9.59 Å². The molecule has 1 aromatic carbocycles. The molecular weight excluding hydrogens is 545 g/mol. The molecule has 3 aliphatic heterocycles. The predicted molar refractivity (Wildman–Crippen MR) is 145 cm³/mol. The third-order valence-corrected chi connectivity index (χ3v) is 7.75. The maximum Gasteiger partial charge on any atom is 0.493 e. The molecule has 222 valence electrons. The predicted octanol–water partition coefficient (Wildman–Crippen LogP) is 1.52. The maximum absolute atomic E-state index is 13.9. The Hall–Kier alpha value is -3.62. The molecule has 2 aromatic rings. The number of nitrogens with zero attached hydrogens (tertiary/aromatic N) is 5. The first-order valence-electron chi connectivity index (χ1n) is 13.6. The first kappa shape index (κ1) is 28.9. The molecule has 3 aliphatic rings. The normalized spacial score (nSPS) is 22.5. The number of benzene rings is 1. The van der Waals surface area contributed by atoms with Crippen LogP contribution in [-0.4, -0.2) is 77.9 Å². The summed E-state index contributed by atoms with van der Waals surface area (Å²) in [5.41, 5.74) is -0.606. The molecule has 14 heteroatoms. The number of anilines is 2. The van der Waals surface area contributed by atoms with Gasteiger partial charge in [0, 0.05) is 39.3 Å². The van der Waals surface area contributed by atoms with E-state index in [4.69, 9.17) is 9.57 Å². The second kappa shape index (κ2) is 11.7. The zero-order valence-electron chi connectivity index (χ0n) is 22.8. The summed E-state index contributed by atoms with van der Waals surface area (Å²) in [6, 6.07) is 9.33. The van der Waals surface area contributed by atoms with Crippen LogP contribution in [0.1, 0.15) is 18.9 Å². The first-order valence-corrected chi connectivity index (χ1v) is 13.6. The number of hydrogen-bond acceptors (Lipinski definition) is 9. The van der Waals surface area contributed by atoms with E-state index in [0.717, 1.165) is 32.7 Å². The largest absolute Gasteiger partial charge is 0.493 e. The Kier molecular flexibility index (Phi) is 8.25. The van der Waals surface area contributed by atoms with Gasteiger partial charge in [-0.2, -0.15) is 13.2 Å². The van der Waals surface area contributed by atoms with Gasteiger partial charge in [0.2, 0.25) is 0 Å². The lowest BCUT2D eigenvalue weighted by Crippen LogP contribution is -2.59. The van der Waals surface area contributed by atoms with Crippen molar-refractivity contribution in [2.45, 2.75) is 38.4 Å². The summed E-state index contributed by atoms with van der Waals surface area (Å²) < 4.78 is 47.9. The Morgan fingerprint density at radius 1 is 1.17 bits per heavy atom. The highest BCUT2D eigenvalue weighted by Crippen LogP contribution is 2.42. The van der Waals surface area contributed by atoms with Crippen LogP contribution in [0.3, 0.4) is 0 Å². The Balaban J connectivity index is 1.64. The van der Waals surface area contributed by atoms with Crippen molar-refractivity contribution in [3.63, 3.8) is 0 Å². The number of hydroxylamine groups is 1. The van der Waals surface area contributed by atoms with E-state index in [-0.39, 0.29) is 43.2 Å². The molecule has 0 radical (unpaired) electrons. The van der Waals surface area contributed by atoms with Crippen molar-refractivity contribution in [3.05, 3.63) is 62.8 Å². The molecule has 0 bridgehead atoms. The van der Waals surface area contributed by atoms with Crippen LogP contribution >= 0.6 is 0 Å². The Morgan fingerprint density at radius 3 is 2.63 bits per heavy atom. The van der Waals surface area contributed by atoms with Crippen molar-refractivity contribution in [1.29, 1.82) is 0 Å². The number of fused-ring (bicyclic) bond motifs is 2. The van der Waals surface area contributed by atoms with Crippen LogP contribution in [0.5, 0.6) is 0 Å². The Bertz CT molecular complexity index is 1410. The van der Waals surface area contributed by atoms with E-state index >= 15 is 0 Å². The van der Waals surface area contributed by atoms with E-state index in [0.29, 0.717) is 19.7 Å². The van der Waals surface area contributed by atoms with Crippen molar-refractivity contribution in [1.82, 2.24) is 19.4 Å². The second-order valence-corrected chi connectivity index (χ2v) is 10.2. The van der Waals surface area contributed by atoms with E-state index in [1.54, 1.807) is 17.9 Å². The fourth-order valence-corrected chi connectivity index (χ4v) is 5.86. The van der Waals surface area contributed by atoms with E-state index < -0.39 is 29.7 Å². The maximum atomic E-state index is 13.9. The number of hydrogen-bond donors (Lipinski definition) is 1. The number of rotatable bonds is 9. The fourth-order valence-electron chi connectivity index (χ4n) is 5.86. The summed E-state index contributed by atoms with van der Waals surface area (Å²) >= 11 is 0. The molecule has 0 aliphatic carbocycles. The van der Waals surface area contributed by atoms with Crippen molar-refractivity contribution >= 4 is 23.6 Å². The number of carbonyl (C=O) groups excluding carboxylic acids is 1. The number of likely N-dealkylation sites (tertiary alicyclic amines) is 1. The standard InChI is InChI=1S/C27H33F3N6O5/c1-3-40-15-14-35-23(37)21-22(32(2)26(35)39)36(41-24(38)27(28,29)30)25(33-13-11-19-16-31-17-20(19)33)34(21)12-7-10-18-8-5-4-6-9-18/h4-10,19-20,25,31H,3,11-17H2,1-2H3. The third-order valence-electron chi connectivity index (χ3n) is 7.75. The van der Waals surface area contributed by atoms with Crippen molar-refractivity contribution < 1.29 is 27.5 Å². The Morgan fingerprint density at radius 2 is 1.93 bits per heavy atom. The molecule has 11 nitrogen and oxygen atoms in total. The van der Waals surface area contributed by atoms with Gasteiger partial charge in [0.05, 0.1) is 13.2 Å². The van der Waals surface area contributed by atoms with Gasteiger partial charge in [0.15, 0.2) is 17.8 Å². The van der Waals surface area contributed by atoms with Gasteiger partial charge < -0.3 is 19.8 Å². The zero-order chi connectivity index (χ0) is 29.3. The van der Waals surface area contributed by atoms with Gasteiger partial charge in [-0.3, -0.25) is 18.8 Å². The van der Waals surface area contributed by atoms with Crippen molar-refractivity contribution in [2.75, 3.05) is 49.4 Å². The highest BCUT2D eigenvalue weighted by Gasteiger charge is 2.53. The quantitative estimate of drug-likeness (QED) is 0.444. The van der Waals surface area contributed by atoms with E-state index in [2.05, 4.69) is 5.32 Å². The molecule has 1 N–H and O–H groups in total. The molecule has 2 fully saturated rings. The smallest absolute Gasteiger partial charge is 0.380 e. The average Bonchev–Trinajstić information content (AvgIpc) is 3.64. The lowest BCUT2D eigenvalue weighted by atomic mass is 10.1. The van der Waals surface area contributed by atoms with Crippen LogP contribution < -0.4 is 26.5 Å². The summed E-state index contributed by atoms with van der Waals surface area (Å²) in [7, 11) is 1.34.